The monoisotopic (exact) mass is 707 g/mol. The van der Waals surface area contributed by atoms with Gasteiger partial charge in [-0.25, -0.2) is 0 Å². The third kappa shape index (κ3) is 11.4. The van der Waals surface area contributed by atoms with Crippen LogP contribution in [0.1, 0.15) is 92.9 Å². The lowest BCUT2D eigenvalue weighted by Gasteiger charge is -2.17. The number of hydrogen-bond donors (Lipinski definition) is 4. The van der Waals surface area contributed by atoms with Crippen LogP contribution in [0.25, 0.3) is 10.8 Å². The molecule has 2 aliphatic rings. The van der Waals surface area contributed by atoms with Gasteiger partial charge in [0.15, 0.2) is 11.5 Å². The number of unbranched alkanes of at least 4 members (excludes halogenated alkanes) is 4. The summed E-state index contributed by atoms with van der Waals surface area (Å²) in [5.74, 6) is 4.18. The van der Waals surface area contributed by atoms with E-state index in [9.17, 15) is 20.1 Å². The number of nitrogens with one attached hydrogen (secondary N) is 1. The first-order chi connectivity index (χ1) is 25.3. The molecular formula is C44H53NO7. The third-order valence-corrected chi connectivity index (χ3v) is 9.62. The van der Waals surface area contributed by atoms with Gasteiger partial charge in [0.1, 0.15) is 30.4 Å². The van der Waals surface area contributed by atoms with Crippen LogP contribution in [0.15, 0.2) is 72.8 Å². The molecule has 0 saturated carbocycles. The molecule has 4 aromatic carbocycles. The Labute approximate surface area is 308 Å². The number of ether oxygens (including phenoxy) is 3. The second-order valence-electron chi connectivity index (χ2n) is 13.9. The average Bonchev–Trinajstić information content (AvgIpc) is 3.14. The molecule has 6 rings (SSSR count). The lowest BCUT2D eigenvalue weighted by Crippen LogP contribution is -2.17. The first-order valence-corrected chi connectivity index (χ1v) is 18.7. The minimum Gasteiger partial charge on any atom is -0.508 e. The van der Waals surface area contributed by atoms with Gasteiger partial charge in [-0.3, -0.25) is 4.79 Å². The van der Waals surface area contributed by atoms with Crippen molar-refractivity contribution in [1.82, 2.24) is 0 Å². The molecule has 3 unspecified atom stereocenters. The fourth-order valence-electron chi connectivity index (χ4n) is 6.78. The van der Waals surface area contributed by atoms with Gasteiger partial charge in [0.25, 0.3) is 0 Å². The van der Waals surface area contributed by atoms with E-state index in [-0.39, 0.29) is 30.7 Å². The summed E-state index contributed by atoms with van der Waals surface area (Å²) in [4.78, 5) is 13.3. The second kappa shape index (κ2) is 19.8. The molecule has 0 saturated heterocycles. The number of carbonyl (C=O) groups is 1. The predicted octanol–water partition coefficient (Wildman–Crippen LogP) is 8.23. The number of aliphatic hydroxyl groups excluding tert-OH is 2. The highest BCUT2D eigenvalue weighted by atomic mass is 16.5. The molecule has 0 aromatic heterocycles. The smallest absolute Gasteiger partial charge is 0.161 e. The first-order valence-electron chi connectivity index (χ1n) is 18.7. The summed E-state index contributed by atoms with van der Waals surface area (Å²) in [7, 11) is 1.61. The van der Waals surface area contributed by atoms with Crippen molar-refractivity contribution in [3.05, 3.63) is 95.1 Å². The molecule has 8 heteroatoms. The molecule has 276 valence electrons. The number of Topliss-reactive ketones (excluding diaryl/α,β-unsaturated/α-hetero) is 1. The number of phenolic OH excluding ortho intramolecular Hbond substituents is 1. The van der Waals surface area contributed by atoms with Crippen LogP contribution in [0, 0.1) is 12.0 Å². The second-order valence-corrected chi connectivity index (χ2v) is 13.9. The number of fused-ring (bicyclic) bond motifs is 9. The molecule has 52 heavy (non-hydrogen) atoms. The largest absolute Gasteiger partial charge is 0.508 e. The summed E-state index contributed by atoms with van der Waals surface area (Å²) in [5.41, 5.74) is 4.91. The lowest BCUT2D eigenvalue weighted by atomic mass is 9.90. The van der Waals surface area contributed by atoms with Gasteiger partial charge in [-0.2, -0.15) is 0 Å². The van der Waals surface area contributed by atoms with Gasteiger partial charge in [-0.1, -0.05) is 61.6 Å². The van der Waals surface area contributed by atoms with E-state index in [1.165, 1.54) is 5.56 Å². The summed E-state index contributed by atoms with van der Waals surface area (Å²) >= 11 is 0. The molecule has 0 aliphatic carbocycles. The molecule has 8 nitrogen and oxygen atoms in total. The number of phenols is 1. The van der Waals surface area contributed by atoms with Gasteiger partial charge in [0, 0.05) is 37.2 Å². The van der Waals surface area contributed by atoms with Crippen LogP contribution in [0.2, 0.25) is 0 Å². The zero-order valence-electron chi connectivity index (χ0n) is 30.5. The number of aryl methyl sites for hydroxylation is 2. The van der Waals surface area contributed by atoms with Crippen LogP contribution in [0.4, 0.5) is 5.69 Å². The SMILES string of the molecule is COc1ccc2cc1OCc1ccc3c(c(O)ccc3c1)C(CCO)C#COC(CCCCCCCc1cccc(NCC(C)O)c1)CC(=O)CC2. The van der Waals surface area contributed by atoms with Gasteiger partial charge >= 0.3 is 0 Å². The molecule has 3 atom stereocenters. The number of hydrogen-bond acceptors (Lipinski definition) is 8. The molecule has 0 fully saturated rings. The van der Waals surface area contributed by atoms with E-state index in [0.717, 1.165) is 66.1 Å². The van der Waals surface area contributed by atoms with Crippen molar-refractivity contribution in [2.75, 3.05) is 25.6 Å². The Bertz CT molecular complexity index is 1820. The van der Waals surface area contributed by atoms with Crippen molar-refractivity contribution in [3.8, 4) is 29.3 Å². The fraction of sp³-hybridized carbons (Fsp3) is 0.432. The van der Waals surface area contributed by atoms with Gasteiger partial charge in [-0.15, -0.1) is 0 Å². The minimum atomic E-state index is -0.463. The van der Waals surface area contributed by atoms with Crippen molar-refractivity contribution in [3.63, 3.8) is 0 Å². The third-order valence-electron chi connectivity index (χ3n) is 9.62. The van der Waals surface area contributed by atoms with E-state index < -0.39 is 12.0 Å². The van der Waals surface area contributed by atoms with Gasteiger partial charge in [-0.05, 0) is 109 Å². The molecule has 4 N–H and O–H groups in total. The van der Waals surface area contributed by atoms with Crippen LogP contribution in [-0.2, 0) is 29.0 Å². The zero-order valence-corrected chi connectivity index (χ0v) is 30.5. The highest BCUT2D eigenvalue weighted by Gasteiger charge is 2.19. The molecule has 2 aliphatic heterocycles. The summed E-state index contributed by atoms with van der Waals surface area (Å²) in [6, 6.07) is 23.7. The number of aromatic hydroxyl groups is 1. The average molecular weight is 708 g/mol. The van der Waals surface area contributed by atoms with Crippen molar-refractivity contribution in [2.45, 2.75) is 102 Å². The Balaban J connectivity index is 1.26. The fourth-order valence-corrected chi connectivity index (χ4v) is 6.78. The molecule has 2 heterocycles. The molecular weight excluding hydrogens is 654 g/mol. The topological polar surface area (TPSA) is 117 Å². The normalized spacial score (nSPS) is 16.9. The van der Waals surface area contributed by atoms with Gasteiger partial charge in [0.05, 0.1) is 19.1 Å². The van der Waals surface area contributed by atoms with Crippen molar-refractivity contribution >= 4 is 22.2 Å². The Morgan fingerprint density at radius 2 is 1.77 bits per heavy atom. The Morgan fingerprint density at radius 1 is 0.942 bits per heavy atom. The van der Waals surface area contributed by atoms with E-state index in [0.29, 0.717) is 55.9 Å². The Morgan fingerprint density at radius 3 is 2.60 bits per heavy atom. The predicted molar refractivity (Wildman–Crippen MR) is 206 cm³/mol. The quantitative estimate of drug-likeness (QED) is 0.0765. The summed E-state index contributed by atoms with van der Waals surface area (Å²) < 4.78 is 17.9. The maximum Gasteiger partial charge on any atom is 0.161 e. The molecule has 0 radical (unpaired) electrons. The van der Waals surface area contributed by atoms with E-state index >= 15 is 0 Å². The van der Waals surface area contributed by atoms with E-state index in [1.54, 1.807) is 20.1 Å². The minimum absolute atomic E-state index is 0.103. The highest BCUT2D eigenvalue weighted by molar-refractivity contribution is 5.89. The summed E-state index contributed by atoms with van der Waals surface area (Å²) in [5, 5.41) is 35.5. The van der Waals surface area contributed by atoms with Gasteiger partial charge < -0.3 is 34.8 Å². The van der Waals surface area contributed by atoms with Gasteiger partial charge in [0.2, 0.25) is 0 Å². The number of ketones is 1. The molecule has 0 amide bonds. The number of carbonyl (C=O) groups excluding carboxylic acids is 1. The summed E-state index contributed by atoms with van der Waals surface area (Å²) in [6.07, 6.45) is 10.7. The Hall–Kier alpha value is -4.71. The van der Waals surface area contributed by atoms with Crippen molar-refractivity contribution in [2.24, 2.45) is 0 Å². The van der Waals surface area contributed by atoms with Crippen LogP contribution >= 0.6 is 0 Å². The molecule has 4 aromatic rings. The van der Waals surface area contributed by atoms with E-state index in [4.69, 9.17) is 14.2 Å². The van der Waals surface area contributed by atoms with Crippen LogP contribution < -0.4 is 14.8 Å². The van der Waals surface area contributed by atoms with E-state index in [1.807, 2.05) is 48.5 Å². The standard InChI is InChI=1S/C44H53NO7/c1-31(47)29-45-37-11-8-10-32(26-37)9-6-4-3-5-7-12-39-28-38(48)17-13-33-15-20-42(50-2)43(27-33)52-30-34-14-18-40-36(25-34)16-19-41(49)44(40)35(21-23-46)22-24-51-39/h8,10-11,14-16,18-20,25-27,31,35,39,45-47,49H,3-7,9,12-13,17,21,23,28-30H2,1-2H3. The Kier molecular flexibility index (Phi) is 14.6. The maximum absolute atomic E-state index is 13.3. The zero-order chi connectivity index (χ0) is 36.7. The number of anilines is 1. The summed E-state index contributed by atoms with van der Waals surface area (Å²) in [6.45, 7) is 2.52. The lowest BCUT2D eigenvalue weighted by molar-refractivity contribution is -0.121. The van der Waals surface area contributed by atoms with Crippen LogP contribution in [-0.4, -0.2) is 53.6 Å². The molecule has 6 bridgehead atoms. The molecule has 0 spiro atoms. The highest BCUT2D eigenvalue weighted by Crippen LogP contribution is 2.36. The number of benzene rings is 4. The first kappa shape index (κ1) is 38.5. The van der Waals surface area contributed by atoms with E-state index in [2.05, 4.69) is 35.5 Å². The van der Waals surface area contributed by atoms with Crippen LogP contribution in [0.3, 0.4) is 0 Å². The van der Waals surface area contributed by atoms with Crippen molar-refractivity contribution < 1.29 is 34.3 Å². The van der Waals surface area contributed by atoms with Crippen LogP contribution in [0.5, 0.6) is 17.2 Å². The van der Waals surface area contributed by atoms with Crippen molar-refractivity contribution in [1.29, 1.82) is 0 Å². The number of rotatable bonds is 14. The number of methoxy groups -OCH3 is 1. The maximum atomic E-state index is 13.3. The number of aliphatic hydroxyl groups is 2.